The molecule has 1 aliphatic rings. The third-order valence-electron chi connectivity index (χ3n) is 2.84. The van der Waals surface area contributed by atoms with Crippen LogP contribution in [0.4, 0.5) is 0 Å². The summed E-state index contributed by atoms with van der Waals surface area (Å²) in [5.74, 6) is 0. The highest BCUT2D eigenvalue weighted by molar-refractivity contribution is 4.84. The fourth-order valence-corrected chi connectivity index (χ4v) is 2.13. The molecule has 2 atom stereocenters. The Labute approximate surface area is 81.9 Å². The Balaban J connectivity index is 2.31. The van der Waals surface area contributed by atoms with Crippen LogP contribution in [0, 0.1) is 6.92 Å². The van der Waals surface area contributed by atoms with Crippen molar-refractivity contribution in [1.82, 2.24) is 4.90 Å². The molecule has 0 spiro atoms. The number of aliphatic hydroxyl groups is 1. The van der Waals surface area contributed by atoms with E-state index in [1.807, 2.05) is 0 Å². The molecule has 0 aromatic rings. The van der Waals surface area contributed by atoms with Gasteiger partial charge in [-0.2, -0.15) is 0 Å². The molecule has 13 heavy (non-hydrogen) atoms. The van der Waals surface area contributed by atoms with Gasteiger partial charge in [0.05, 0.1) is 6.10 Å². The molecule has 1 fully saturated rings. The summed E-state index contributed by atoms with van der Waals surface area (Å²) in [6.45, 7) is 8.12. The number of rotatable bonds is 5. The Kier molecular flexibility index (Phi) is 4.74. The van der Waals surface area contributed by atoms with Crippen molar-refractivity contribution in [2.45, 2.75) is 51.2 Å². The van der Waals surface area contributed by atoms with Gasteiger partial charge in [0.2, 0.25) is 0 Å². The number of hydrogen-bond acceptors (Lipinski definition) is 2. The van der Waals surface area contributed by atoms with Crippen molar-refractivity contribution in [2.75, 3.05) is 13.1 Å². The lowest BCUT2D eigenvalue weighted by Crippen LogP contribution is -2.30. The lowest BCUT2D eigenvalue weighted by molar-refractivity contribution is 0.174. The zero-order valence-corrected chi connectivity index (χ0v) is 8.71. The second kappa shape index (κ2) is 5.61. The molecule has 2 heteroatoms. The summed E-state index contributed by atoms with van der Waals surface area (Å²) in [7, 11) is 0. The zero-order chi connectivity index (χ0) is 9.68. The van der Waals surface area contributed by atoms with Crippen molar-refractivity contribution in [3.05, 3.63) is 6.92 Å². The zero-order valence-electron chi connectivity index (χ0n) is 8.71. The van der Waals surface area contributed by atoms with Gasteiger partial charge >= 0.3 is 0 Å². The van der Waals surface area contributed by atoms with Crippen LogP contribution in [0.2, 0.25) is 0 Å². The van der Waals surface area contributed by atoms with Crippen LogP contribution in [0.15, 0.2) is 0 Å². The number of likely N-dealkylation sites (tertiary alicyclic amines) is 1. The fourth-order valence-electron chi connectivity index (χ4n) is 2.13. The molecular formula is C11H22NO. The Morgan fingerprint density at radius 1 is 1.54 bits per heavy atom. The predicted octanol–water partition coefficient (Wildman–Crippen LogP) is 1.84. The summed E-state index contributed by atoms with van der Waals surface area (Å²) < 4.78 is 0. The summed E-state index contributed by atoms with van der Waals surface area (Å²) in [4.78, 5) is 2.43. The number of nitrogens with zero attached hydrogens (tertiary/aromatic N) is 1. The maximum atomic E-state index is 9.53. The Hall–Kier alpha value is -0.0800. The third-order valence-corrected chi connectivity index (χ3v) is 2.84. The summed E-state index contributed by atoms with van der Waals surface area (Å²) >= 11 is 0. The van der Waals surface area contributed by atoms with Crippen molar-refractivity contribution < 1.29 is 5.11 Å². The normalized spacial score (nSPS) is 29.8. The molecule has 1 radical (unpaired) electrons. The summed E-state index contributed by atoms with van der Waals surface area (Å²) in [6.07, 6.45) is 5.48. The van der Waals surface area contributed by atoms with Crippen LogP contribution in [0.3, 0.4) is 0 Å². The smallest absolute Gasteiger partial charge is 0.0682 e. The number of β-amino-alcohol motifs (C(OH)–C–C–N with tert-alkyl or cyclic N) is 1. The van der Waals surface area contributed by atoms with Gasteiger partial charge in [-0.1, -0.05) is 26.7 Å². The van der Waals surface area contributed by atoms with Gasteiger partial charge in [0.15, 0.2) is 0 Å². The molecule has 1 heterocycles. The minimum absolute atomic E-state index is 0.0894. The third kappa shape index (κ3) is 3.28. The van der Waals surface area contributed by atoms with Crippen molar-refractivity contribution in [3.63, 3.8) is 0 Å². The topological polar surface area (TPSA) is 23.5 Å². The van der Waals surface area contributed by atoms with Gasteiger partial charge in [0, 0.05) is 12.6 Å². The standard InChI is InChI=1S/C11H22NO/c1-3-5-7-12-9-11(13)8-10(12)6-4-2/h10-11,13H,2-9H2,1H3. The monoisotopic (exact) mass is 184 g/mol. The molecule has 1 aliphatic heterocycles. The average molecular weight is 184 g/mol. The van der Waals surface area contributed by atoms with E-state index in [-0.39, 0.29) is 6.10 Å². The van der Waals surface area contributed by atoms with E-state index in [2.05, 4.69) is 18.7 Å². The molecule has 0 aliphatic carbocycles. The highest BCUT2D eigenvalue weighted by Gasteiger charge is 2.29. The van der Waals surface area contributed by atoms with Crippen molar-refractivity contribution >= 4 is 0 Å². The maximum Gasteiger partial charge on any atom is 0.0682 e. The quantitative estimate of drug-likeness (QED) is 0.704. The van der Waals surface area contributed by atoms with E-state index in [1.165, 1.54) is 12.8 Å². The van der Waals surface area contributed by atoms with Crippen LogP contribution in [-0.4, -0.2) is 35.2 Å². The Bertz CT molecular complexity index is 138. The van der Waals surface area contributed by atoms with Crippen molar-refractivity contribution in [2.24, 2.45) is 0 Å². The molecule has 0 bridgehead atoms. The van der Waals surface area contributed by atoms with E-state index in [0.29, 0.717) is 6.04 Å². The highest BCUT2D eigenvalue weighted by Crippen LogP contribution is 2.21. The van der Waals surface area contributed by atoms with E-state index in [1.54, 1.807) is 0 Å². The summed E-state index contributed by atoms with van der Waals surface area (Å²) in [5.41, 5.74) is 0. The first-order valence-corrected chi connectivity index (χ1v) is 5.49. The van der Waals surface area contributed by atoms with E-state index in [4.69, 9.17) is 0 Å². The Morgan fingerprint density at radius 3 is 2.92 bits per heavy atom. The summed E-state index contributed by atoms with van der Waals surface area (Å²) in [6, 6.07) is 0.596. The van der Waals surface area contributed by atoms with Gasteiger partial charge in [0.25, 0.3) is 0 Å². The lowest BCUT2D eigenvalue weighted by Gasteiger charge is -2.23. The minimum Gasteiger partial charge on any atom is -0.392 e. The van der Waals surface area contributed by atoms with Crippen LogP contribution < -0.4 is 0 Å². The van der Waals surface area contributed by atoms with Crippen LogP contribution in [0.5, 0.6) is 0 Å². The average Bonchev–Trinajstić information content (AvgIpc) is 2.44. The van der Waals surface area contributed by atoms with E-state index < -0.39 is 0 Å². The maximum absolute atomic E-state index is 9.53. The van der Waals surface area contributed by atoms with Crippen molar-refractivity contribution in [3.8, 4) is 0 Å². The van der Waals surface area contributed by atoms with Gasteiger partial charge in [-0.15, -0.1) is 0 Å². The molecule has 2 nitrogen and oxygen atoms in total. The molecule has 0 aromatic heterocycles. The van der Waals surface area contributed by atoms with Crippen LogP contribution >= 0.6 is 0 Å². The second-order valence-corrected chi connectivity index (χ2v) is 4.03. The number of aliphatic hydroxyl groups excluding tert-OH is 1. The molecule has 1 rings (SSSR count). The van der Waals surface area contributed by atoms with E-state index in [0.717, 1.165) is 32.4 Å². The molecule has 2 unspecified atom stereocenters. The van der Waals surface area contributed by atoms with Crippen molar-refractivity contribution in [1.29, 1.82) is 0 Å². The highest BCUT2D eigenvalue weighted by atomic mass is 16.3. The molecule has 77 valence electrons. The van der Waals surface area contributed by atoms with Gasteiger partial charge in [-0.05, 0) is 25.8 Å². The van der Waals surface area contributed by atoms with Gasteiger partial charge < -0.3 is 5.11 Å². The molecule has 0 aromatic carbocycles. The molecule has 0 saturated carbocycles. The molecule has 1 saturated heterocycles. The molecular weight excluding hydrogens is 162 g/mol. The number of hydrogen-bond donors (Lipinski definition) is 1. The van der Waals surface area contributed by atoms with Gasteiger partial charge in [-0.25, -0.2) is 0 Å². The van der Waals surface area contributed by atoms with E-state index >= 15 is 0 Å². The van der Waals surface area contributed by atoms with Crippen LogP contribution in [0.25, 0.3) is 0 Å². The fraction of sp³-hybridized carbons (Fsp3) is 0.909. The predicted molar refractivity (Wildman–Crippen MR) is 55.5 cm³/mol. The SMILES string of the molecule is [CH2]CCC1CC(O)CN1CCCC. The minimum atomic E-state index is -0.0894. The first kappa shape index (κ1) is 11.0. The largest absolute Gasteiger partial charge is 0.392 e. The summed E-state index contributed by atoms with van der Waals surface area (Å²) in [5, 5.41) is 9.53. The first-order chi connectivity index (χ1) is 6.27. The second-order valence-electron chi connectivity index (χ2n) is 4.03. The van der Waals surface area contributed by atoms with Gasteiger partial charge in [0.1, 0.15) is 0 Å². The van der Waals surface area contributed by atoms with E-state index in [9.17, 15) is 5.11 Å². The molecule has 0 amide bonds. The van der Waals surface area contributed by atoms with Gasteiger partial charge in [-0.3, -0.25) is 4.90 Å². The van der Waals surface area contributed by atoms with Crippen LogP contribution in [-0.2, 0) is 0 Å². The first-order valence-electron chi connectivity index (χ1n) is 5.49. The Morgan fingerprint density at radius 2 is 2.31 bits per heavy atom. The lowest BCUT2D eigenvalue weighted by atomic mass is 10.1. The van der Waals surface area contributed by atoms with Crippen LogP contribution in [0.1, 0.15) is 39.0 Å². The number of unbranched alkanes of at least 4 members (excludes halogenated alkanes) is 1. The molecule has 1 N–H and O–H groups in total.